The van der Waals surface area contributed by atoms with Crippen molar-refractivity contribution >= 4 is 27.6 Å². The lowest BCUT2D eigenvalue weighted by atomic mass is 9.67. The third-order valence-corrected chi connectivity index (χ3v) is 6.46. The van der Waals surface area contributed by atoms with Crippen LogP contribution in [0.1, 0.15) is 58.9 Å². The smallest absolute Gasteiger partial charge is 0.252 e. The molecule has 5 heteroatoms. The van der Waals surface area contributed by atoms with Gasteiger partial charge in [-0.05, 0) is 51.3 Å². The van der Waals surface area contributed by atoms with Gasteiger partial charge in [0.15, 0.2) is 5.78 Å². The van der Waals surface area contributed by atoms with Crippen LogP contribution in [0.25, 0.3) is 0 Å². The largest absolute Gasteiger partial charge is 0.362 e. The Labute approximate surface area is 176 Å². The molecule has 1 heterocycles. The maximum Gasteiger partial charge on any atom is 0.252 e. The first-order valence-corrected chi connectivity index (χ1v) is 10.8. The van der Waals surface area contributed by atoms with Crippen molar-refractivity contribution in [3.05, 3.63) is 56.8 Å². The molecule has 1 aromatic rings. The number of amides is 1. The maximum absolute atomic E-state index is 13.5. The summed E-state index contributed by atoms with van der Waals surface area (Å²) in [7, 11) is 0. The number of ketones is 1. The number of allylic oxidation sites excluding steroid dienone is 3. The molecule has 1 aliphatic carbocycles. The number of carbonyl (C=O) groups excluding carboxylic acids is 2. The molecule has 3 rings (SSSR count). The van der Waals surface area contributed by atoms with Crippen molar-refractivity contribution in [3.8, 4) is 0 Å². The first-order chi connectivity index (χ1) is 13.2. The number of nitrogens with one attached hydrogen (secondary N) is 1. The Balaban J connectivity index is 2.21. The number of halogens is 1. The van der Waals surface area contributed by atoms with Crippen molar-refractivity contribution in [2.24, 2.45) is 5.41 Å². The van der Waals surface area contributed by atoms with E-state index in [1.54, 1.807) is 0 Å². The number of benzene rings is 1. The standard InChI is InChI=1S/C23H29BrN2O2/c1-6-26(7-2)22(28)18-14(3)25-17-11-12-23(4,5)21(27)20(17)19(18)15-9-8-10-16(24)13-15/h8-10,13,19,25H,6-7,11-12H2,1-5H3. The molecule has 1 amide bonds. The zero-order chi connectivity index (χ0) is 20.6. The van der Waals surface area contributed by atoms with Crippen LogP contribution in [0.5, 0.6) is 0 Å². The molecular formula is C23H29BrN2O2. The second-order valence-electron chi connectivity index (χ2n) is 8.23. The molecule has 28 heavy (non-hydrogen) atoms. The number of carbonyl (C=O) groups is 2. The number of likely N-dealkylation sites (N-methyl/N-ethyl adjacent to an activating group) is 1. The van der Waals surface area contributed by atoms with Crippen molar-refractivity contribution in [2.75, 3.05) is 13.1 Å². The monoisotopic (exact) mass is 444 g/mol. The average Bonchev–Trinajstić information content (AvgIpc) is 2.65. The van der Waals surface area contributed by atoms with E-state index in [4.69, 9.17) is 0 Å². The van der Waals surface area contributed by atoms with Crippen LogP contribution in [0.4, 0.5) is 0 Å². The Bertz CT molecular complexity index is 878. The molecule has 1 aromatic carbocycles. The Hall–Kier alpha value is -1.88. The number of rotatable bonds is 4. The highest BCUT2D eigenvalue weighted by atomic mass is 79.9. The second-order valence-corrected chi connectivity index (χ2v) is 9.15. The van der Waals surface area contributed by atoms with Gasteiger partial charge in [0, 0.05) is 51.4 Å². The lowest BCUT2D eigenvalue weighted by Gasteiger charge is -2.40. The normalized spacial score (nSPS) is 21.4. The van der Waals surface area contributed by atoms with E-state index in [1.807, 2.05) is 63.8 Å². The summed E-state index contributed by atoms with van der Waals surface area (Å²) in [6.45, 7) is 11.2. The van der Waals surface area contributed by atoms with Crippen LogP contribution in [0, 0.1) is 5.41 Å². The molecule has 1 aliphatic heterocycles. The van der Waals surface area contributed by atoms with E-state index in [0.29, 0.717) is 18.7 Å². The quantitative estimate of drug-likeness (QED) is 0.716. The Morgan fingerprint density at radius 1 is 1.29 bits per heavy atom. The number of hydrogen-bond acceptors (Lipinski definition) is 3. The van der Waals surface area contributed by atoms with Gasteiger partial charge in [-0.15, -0.1) is 0 Å². The van der Waals surface area contributed by atoms with Crippen LogP contribution in [-0.2, 0) is 9.59 Å². The van der Waals surface area contributed by atoms with Gasteiger partial charge in [0.1, 0.15) is 0 Å². The van der Waals surface area contributed by atoms with E-state index >= 15 is 0 Å². The lowest BCUT2D eigenvalue weighted by Crippen LogP contribution is -2.43. The molecule has 2 aliphatic rings. The minimum atomic E-state index is -0.417. The fourth-order valence-corrected chi connectivity index (χ4v) is 4.68. The molecule has 0 radical (unpaired) electrons. The fraction of sp³-hybridized carbons (Fsp3) is 0.478. The Kier molecular flexibility index (Phi) is 5.85. The van der Waals surface area contributed by atoms with Gasteiger partial charge in [-0.25, -0.2) is 0 Å². The SMILES string of the molecule is CCN(CC)C(=O)C1=C(C)NC2=C(C(=O)C(C)(C)CC2)C1c1cccc(Br)c1. The molecule has 0 spiro atoms. The van der Waals surface area contributed by atoms with E-state index < -0.39 is 5.41 Å². The molecule has 0 fully saturated rings. The van der Waals surface area contributed by atoms with E-state index in [1.165, 1.54) is 0 Å². The topological polar surface area (TPSA) is 49.4 Å². The van der Waals surface area contributed by atoms with Crippen molar-refractivity contribution in [1.82, 2.24) is 10.2 Å². The van der Waals surface area contributed by atoms with E-state index in [9.17, 15) is 9.59 Å². The summed E-state index contributed by atoms with van der Waals surface area (Å²) in [5, 5.41) is 3.41. The summed E-state index contributed by atoms with van der Waals surface area (Å²) in [4.78, 5) is 28.8. The summed E-state index contributed by atoms with van der Waals surface area (Å²) in [6.07, 6.45) is 1.64. The summed E-state index contributed by atoms with van der Waals surface area (Å²) < 4.78 is 0.945. The van der Waals surface area contributed by atoms with Crippen LogP contribution < -0.4 is 5.32 Å². The van der Waals surface area contributed by atoms with Crippen LogP contribution in [0.15, 0.2) is 51.3 Å². The van der Waals surface area contributed by atoms with Gasteiger partial charge in [0.25, 0.3) is 5.91 Å². The van der Waals surface area contributed by atoms with Gasteiger partial charge in [0.05, 0.1) is 0 Å². The van der Waals surface area contributed by atoms with Gasteiger partial charge in [-0.3, -0.25) is 9.59 Å². The van der Waals surface area contributed by atoms with Crippen molar-refractivity contribution in [1.29, 1.82) is 0 Å². The molecule has 0 aromatic heterocycles. The highest BCUT2D eigenvalue weighted by Crippen LogP contribution is 2.47. The Morgan fingerprint density at radius 3 is 2.57 bits per heavy atom. The van der Waals surface area contributed by atoms with E-state index in [0.717, 1.165) is 39.8 Å². The van der Waals surface area contributed by atoms with Gasteiger partial charge in [0.2, 0.25) is 0 Å². The first kappa shape index (κ1) is 20.8. The van der Waals surface area contributed by atoms with Gasteiger partial charge in [-0.2, -0.15) is 0 Å². The number of hydrogen-bond donors (Lipinski definition) is 1. The first-order valence-electron chi connectivity index (χ1n) is 10.0. The molecular weight excluding hydrogens is 416 g/mol. The van der Waals surface area contributed by atoms with Gasteiger partial charge < -0.3 is 10.2 Å². The van der Waals surface area contributed by atoms with Crippen LogP contribution in [-0.4, -0.2) is 29.7 Å². The summed E-state index contributed by atoms with van der Waals surface area (Å²) in [5.41, 5.74) is 3.83. The minimum Gasteiger partial charge on any atom is -0.362 e. The van der Waals surface area contributed by atoms with Gasteiger partial charge in [-0.1, -0.05) is 41.9 Å². The Morgan fingerprint density at radius 2 is 1.96 bits per heavy atom. The molecule has 1 unspecified atom stereocenters. The fourth-order valence-electron chi connectivity index (χ4n) is 4.26. The van der Waals surface area contributed by atoms with Crippen LogP contribution >= 0.6 is 15.9 Å². The summed E-state index contributed by atoms with van der Waals surface area (Å²) in [5.74, 6) is -0.194. The van der Waals surface area contributed by atoms with Crippen molar-refractivity contribution in [2.45, 2.75) is 53.4 Å². The zero-order valence-electron chi connectivity index (χ0n) is 17.4. The van der Waals surface area contributed by atoms with Gasteiger partial charge >= 0.3 is 0 Å². The van der Waals surface area contributed by atoms with Crippen molar-refractivity contribution < 1.29 is 9.59 Å². The number of Topliss-reactive ketones (excluding diaryl/α,β-unsaturated/α-hetero) is 1. The zero-order valence-corrected chi connectivity index (χ0v) is 18.9. The number of dihydropyridines is 1. The average molecular weight is 445 g/mol. The maximum atomic E-state index is 13.5. The molecule has 0 saturated heterocycles. The summed E-state index contributed by atoms with van der Waals surface area (Å²) >= 11 is 3.55. The molecule has 1 atom stereocenters. The number of nitrogens with zero attached hydrogens (tertiary/aromatic N) is 1. The highest BCUT2D eigenvalue weighted by Gasteiger charge is 2.45. The molecule has 1 N–H and O–H groups in total. The minimum absolute atomic E-state index is 0.00250. The third kappa shape index (κ3) is 3.57. The van der Waals surface area contributed by atoms with E-state index in [-0.39, 0.29) is 17.6 Å². The highest BCUT2D eigenvalue weighted by molar-refractivity contribution is 9.10. The van der Waals surface area contributed by atoms with Crippen LogP contribution in [0.3, 0.4) is 0 Å². The summed E-state index contributed by atoms with van der Waals surface area (Å²) in [6, 6.07) is 7.98. The predicted octanol–water partition coefficient (Wildman–Crippen LogP) is 4.92. The van der Waals surface area contributed by atoms with E-state index in [2.05, 4.69) is 21.2 Å². The molecule has 0 bridgehead atoms. The molecule has 150 valence electrons. The van der Waals surface area contributed by atoms with Crippen LogP contribution in [0.2, 0.25) is 0 Å². The molecule has 4 nitrogen and oxygen atoms in total. The molecule has 0 saturated carbocycles. The third-order valence-electron chi connectivity index (χ3n) is 5.97. The second kappa shape index (κ2) is 7.86. The lowest BCUT2D eigenvalue weighted by molar-refractivity contribution is -0.127. The predicted molar refractivity (Wildman–Crippen MR) is 116 cm³/mol. The van der Waals surface area contributed by atoms with Crippen molar-refractivity contribution in [3.63, 3.8) is 0 Å².